The van der Waals surface area contributed by atoms with Crippen molar-refractivity contribution in [1.29, 1.82) is 0 Å². The minimum atomic E-state index is -0.0760. The quantitative estimate of drug-likeness (QED) is 0.838. The van der Waals surface area contributed by atoms with Gasteiger partial charge in [0.1, 0.15) is 6.54 Å². The number of nitrogens with one attached hydrogen (secondary N) is 1. The molecule has 1 aromatic rings. The number of nitrogens with zero attached hydrogens (tertiary/aromatic N) is 2. The molecule has 5 heteroatoms. The summed E-state index contributed by atoms with van der Waals surface area (Å²) in [4.78, 5) is 30.3. The summed E-state index contributed by atoms with van der Waals surface area (Å²) in [6, 6.07) is 2.08. The van der Waals surface area contributed by atoms with Crippen LogP contribution in [0, 0.1) is 6.92 Å². The van der Waals surface area contributed by atoms with Crippen molar-refractivity contribution >= 4 is 11.8 Å². The lowest BCUT2D eigenvalue weighted by atomic mass is 9.87. The summed E-state index contributed by atoms with van der Waals surface area (Å²) in [6.07, 6.45) is 7.48. The molecule has 1 saturated carbocycles. The van der Waals surface area contributed by atoms with Crippen LogP contribution in [0.1, 0.15) is 41.6 Å². The van der Waals surface area contributed by atoms with Gasteiger partial charge in [0.15, 0.2) is 0 Å². The van der Waals surface area contributed by atoms with Gasteiger partial charge in [-0.15, -0.1) is 0 Å². The normalized spacial score (nSPS) is 25.9. The van der Waals surface area contributed by atoms with Crippen LogP contribution < -0.4 is 5.32 Å². The first-order valence-electron chi connectivity index (χ1n) is 7.17. The zero-order chi connectivity index (χ0) is 14.1. The van der Waals surface area contributed by atoms with E-state index in [4.69, 9.17) is 0 Å². The second-order valence-corrected chi connectivity index (χ2v) is 5.71. The molecule has 5 nitrogen and oxygen atoms in total. The Morgan fingerprint density at radius 1 is 1.35 bits per heavy atom. The van der Waals surface area contributed by atoms with Crippen molar-refractivity contribution in [1.82, 2.24) is 15.2 Å². The molecule has 1 aliphatic heterocycles. The van der Waals surface area contributed by atoms with Gasteiger partial charge in [0, 0.05) is 18.4 Å². The average molecular weight is 273 g/mol. The minimum absolute atomic E-state index is 0.0536. The highest BCUT2D eigenvalue weighted by atomic mass is 16.2. The molecule has 1 saturated heterocycles. The standard InChI is InChI=1S/C15H19N3O2/c1-10-6-11(8-16-7-10)15(20)18-9-14(19)17-12-4-2-3-5-13(12)18/h6-8,12-13H,2-5,9H2,1H3,(H,17,19)/t12-,13-/m0/s1. The second kappa shape index (κ2) is 5.23. The molecule has 0 aromatic carbocycles. The summed E-state index contributed by atoms with van der Waals surface area (Å²) in [5.74, 6) is -0.130. The van der Waals surface area contributed by atoms with Crippen molar-refractivity contribution in [3.05, 3.63) is 29.6 Å². The molecular weight excluding hydrogens is 254 g/mol. The van der Waals surface area contributed by atoms with Crippen molar-refractivity contribution in [2.24, 2.45) is 0 Å². The first kappa shape index (κ1) is 13.1. The lowest BCUT2D eigenvalue weighted by Crippen LogP contribution is -2.62. The molecule has 106 valence electrons. The first-order chi connectivity index (χ1) is 9.65. The van der Waals surface area contributed by atoms with Gasteiger partial charge in [-0.05, 0) is 31.4 Å². The molecule has 0 radical (unpaired) electrons. The molecule has 20 heavy (non-hydrogen) atoms. The number of rotatable bonds is 1. The van der Waals surface area contributed by atoms with Gasteiger partial charge in [-0.3, -0.25) is 14.6 Å². The topological polar surface area (TPSA) is 62.3 Å². The minimum Gasteiger partial charge on any atom is -0.350 e. The molecule has 0 unspecified atom stereocenters. The number of carbonyl (C=O) groups excluding carboxylic acids is 2. The highest BCUT2D eigenvalue weighted by molar-refractivity contribution is 5.97. The van der Waals surface area contributed by atoms with Gasteiger partial charge in [-0.1, -0.05) is 12.8 Å². The van der Waals surface area contributed by atoms with Crippen molar-refractivity contribution < 1.29 is 9.59 Å². The van der Waals surface area contributed by atoms with Crippen LogP contribution in [0.15, 0.2) is 18.5 Å². The van der Waals surface area contributed by atoms with Crippen molar-refractivity contribution in [2.45, 2.75) is 44.7 Å². The number of aryl methyl sites for hydroxylation is 1. The number of fused-ring (bicyclic) bond motifs is 1. The molecule has 2 aliphatic rings. The summed E-state index contributed by atoms with van der Waals surface area (Å²) in [5, 5.41) is 3.02. The van der Waals surface area contributed by atoms with Crippen molar-refractivity contribution in [3.63, 3.8) is 0 Å². The molecule has 3 rings (SSSR count). The van der Waals surface area contributed by atoms with Crippen LogP contribution >= 0.6 is 0 Å². The predicted molar refractivity (Wildman–Crippen MR) is 74.2 cm³/mol. The maximum Gasteiger partial charge on any atom is 0.256 e. The number of hydrogen-bond acceptors (Lipinski definition) is 3. The van der Waals surface area contributed by atoms with E-state index in [9.17, 15) is 9.59 Å². The zero-order valence-corrected chi connectivity index (χ0v) is 11.6. The SMILES string of the molecule is Cc1cncc(C(=O)N2CC(=O)N[C@H]3CCCC[C@@H]32)c1. The van der Waals surface area contributed by atoms with Gasteiger partial charge in [-0.2, -0.15) is 0 Å². The second-order valence-electron chi connectivity index (χ2n) is 5.71. The Bertz CT molecular complexity index is 544. The van der Waals surface area contributed by atoms with E-state index in [0.717, 1.165) is 31.2 Å². The third kappa shape index (κ3) is 2.40. The highest BCUT2D eigenvalue weighted by Gasteiger charge is 2.39. The van der Waals surface area contributed by atoms with Gasteiger partial charge in [-0.25, -0.2) is 0 Å². The summed E-state index contributed by atoms with van der Waals surface area (Å²) in [7, 11) is 0. The number of hydrogen-bond donors (Lipinski definition) is 1. The number of pyridine rings is 1. The van der Waals surface area contributed by atoms with Crippen LogP contribution in [0.25, 0.3) is 0 Å². The monoisotopic (exact) mass is 273 g/mol. The lowest BCUT2D eigenvalue weighted by Gasteiger charge is -2.43. The summed E-state index contributed by atoms with van der Waals surface area (Å²) in [5.41, 5.74) is 1.53. The van der Waals surface area contributed by atoms with Gasteiger partial charge < -0.3 is 10.2 Å². The maximum absolute atomic E-state index is 12.7. The number of carbonyl (C=O) groups is 2. The molecule has 2 atom stereocenters. The fraction of sp³-hybridized carbons (Fsp3) is 0.533. The Morgan fingerprint density at radius 3 is 2.95 bits per heavy atom. The van der Waals surface area contributed by atoms with E-state index >= 15 is 0 Å². The molecule has 1 aromatic heterocycles. The van der Waals surface area contributed by atoms with E-state index in [1.54, 1.807) is 17.3 Å². The van der Waals surface area contributed by atoms with Crippen LogP contribution in [0.3, 0.4) is 0 Å². The van der Waals surface area contributed by atoms with E-state index < -0.39 is 0 Å². The van der Waals surface area contributed by atoms with E-state index in [1.807, 2.05) is 13.0 Å². The maximum atomic E-state index is 12.7. The number of aromatic nitrogens is 1. The fourth-order valence-electron chi connectivity index (χ4n) is 3.24. The molecule has 0 bridgehead atoms. The van der Waals surface area contributed by atoms with E-state index in [0.29, 0.717) is 5.56 Å². The zero-order valence-electron chi connectivity index (χ0n) is 11.6. The summed E-state index contributed by atoms with van der Waals surface area (Å²) in [6.45, 7) is 2.07. The molecule has 2 fully saturated rings. The Kier molecular flexibility index (Phi) is 3.42. The largest absolute Gasteiger partial charge is 0.350 e. The van der Waals surface area contributed by atoms with Crippen LogP contribution in [0.2, 0.25) is 0 Å². The van der Waals surface area contributed by atoms with Crippen LogP contribution in [-0.4, -0.2) is 40.3 Å². The first-order valence-corrected chi connectivity index (χ1v) is 7.17. The number of amides is 2. The smallest absolute Gasteiger partial charge is 0.256 e. The summed E-state index contributed by atoms with van der Waals surface area (Å²) >= 11 is 0. The number of piperazine rings is 1. The lowest BCUT2D eigenvalue weighted by molar-refractivity contribution is -0.127. The third-order valence-electron chi connectivity index (χ3n) is 4.17. The Balaban J connectivity index is 1.86. The average Bonchev–Trinajstić information content (AvgIpc) is 2.45. The predicted octanol–water partition coefficient (Wildman–Crippen LogP) is 1.27. The van der Waals surface area contributed by atoms with Crippen molar-refractivity contribution in [2.75, 3.05) is 6.54 Å². The van der Waals surface area contributed by atoms with Crippen LogP contribution in [-0.2, 0) is 4.79 Å². The van der Waals surface area contributed by atoms with Crippen LogP contribution in [0.4, 0.5) is 0 Å². The van der Waals surface area contributed by atoms with Gasteiger partial charge >= 0.3 is 0 Å². The molecule has 0 spiro atoms. The Labute approximate surface area is 118 Å². The van der Waals surface area contributed by atoms with Crippen LogP contribution in [0.5, 0.6) is 0 Å². The van der Waals surface area contributed by atoms with Crippen molar-refractivity contribution in [3.8, 4) is 0 Å². The fourth-order valence-corrected chi connectivity index (χ4v) is 3.24. The molecule has 2 heterocycles. The molecule has 2 amide bonds. The molecule has 1 aliphatic carbocycles. The highest BCUT2D eigenvalue weighted by Crippen LogP contribution is 2.27. The molecular formula is C15H19N3O2. The van der Waals surface area contributed by atoms with E-state index in [1.165, 1.54) is 0 Å². The van der Waals surface area contributed by atoms with Gasteiger partial charge in [0.25, 0.3) is 5.91 Å². The third-order valence-corrected chi connectivity index (χ3v) is 4.17. The molecule has 1 N–H and O–H groups in total. The Hall–Kier alpha value is -1.91. The van der Waals surface area contributed by atoms with Gasteiger partial charge in [0.2, 0.25) is 5.91 Å². The van der Waals surface area contributed by atoms with E-state index in [2.05, 4.69) is 10.3 Å². The van der Waals surface area contributed by atoms with Gasteiger partial charge in [0.05, 0.1) is 11.6 Å². The Morgan fingerprint density at radius 2 is 2.15 bits per heavy atom. The van der Waals surface area contributed by atoms with E-state index in [-0.39, 0.29) is 30.4 Å². The summed E-state index contributed by atoms with van der Waals surface area (Å²) < 4.78 is 0.